The van der Waals surface area contributed by atoms with Gasteiger partial charge < -0.3 is 24.5 Å². The number of aliphatic hydroxyl groups is 1. The van der Waals surface area contributed by atoms with E-state index in [1.165, 1.54) is 14.0 Å². The van der Waals surface area contributed by atoms with Crippen LogP contribution in [0.15, 0.2) is 0 Å². The summed E-state index contributed by atoms with van der Waals surface area (Å²) in [6, 6.07) is 0. The maximum absolute atomic E-state index is 12.8. The Hall–Kier alpha value is -2.87. The first kappa shape index (κ1) is 21.4. The van der Waals surface area contributed by atoms with E-state index in [4.69, 9.17) is 9.47 Å². The third-order valence-corrected chi connectivity index (χ3v) is 4.84. The van der Waals surface area contributed by atoms with Gasteiger partial charge in [-0.25, -0.2) is 9.59 Å². The lowest BCUT2D eigenvalue weighted by Gasteiger charge is -2.12. The number of Topliss-reactive ketones (excluding diaryl/α,β-unsaturated/α-hetero) is 1. The first-order valence-corrected chi connectivity index (χ1v) is 8.90. The lowest BCUT2D eigenvalue weighted by atomic mass is 10.1. The second-order valence-corrected chi connectivity index (χ2v) is 6.87. The Morgan fingerprint density at radius 3 is 1.96 bits per heavy atom. The summed E-state index contributed by atoms with van der Waals surface area (Å²) in [5.74, 6) is -1.69. The minimum atomic E-state index is -1.08. The highest BCUT2D eigenvalue weighted by Gasteiger charge is 2.29. The van der Waals surface area contributed by atoms with Gasteiger partial charge in [0.05, 0.1) is 24.5 Å². The van der Waals surface area contributed by atoms with Gasteiger partial charge in [0.25, 0.3) is 0 Å². The fourth-order valence-electron chi connectivity index (χ4n) is 3.48. The molecule has 0 aliphatic carbocycles. The van der Waals surface area contributed by atoms with E-state index in [1.54, 1.807) is 34.6 Å². The van der Waals surface area contributed by atoms with Crippen molar-refractivity contribution < 1.29 is 29.0 Å². The highest BCUT2D eigenvalue weighted by atomic mass is 16.5. The van der Waals surface area contributed by atoms with Crippen molar-refractivity contribution in [2.75, 3.05) is 7.11 Å². The molecule has 2 heterocycles. The maximum atomic E-state index is 12.8. The molecule has 0 bridgehead atoms. The Labute approximate surface area is 163 Å². The second-order valence-electron chi connectivity index (χ2n) is 6.87. The minimum Gasteiger partial charge on any atom is -0.465 e. The molecule has 152 valence electrons. The van der Waals surface area contributed by atoms with Crippen LogP contribution in [0.5, 0.6) is 0 Å². The SMILES string of the molecule is COC(=O)c1c(C)[nH]c(C(=O)[C@H](C)OC(=O)c2[nH]c(C)c([C@H](C)O)c2C)c1C. The van der Waals surface area contributed by atoms with E-state index in [9.17, 15) is 19.5 Å². The molecule has 2 aromatic heterocycles. The maximum Gasteiger partial charge on any atom is 0.355 e. The van der Waals surface area contributed by atoms with Gasteiger partial charge in [0.15, 0.2) is 6.10 Å². The zero-order valence-corrected chi connectivity index (χ0v) is 17.1. The van der Waals surface area contributed by atoms with Crippen molar-refractivity contribution in [1.82, 2.24) is 9.97 Å². The molecule has 0 fully saturated rings. The number of aliphatic hydroxyl groups excluding tert-OH is 1. The normalized spacial score (nSPS) is 13.1. The van der Waals surface area contributed by atoms with E-state index in [1.807, 2.05) is 0 Å². The molecule has 0 spiro atoms. The molecule has 0 amide bonds. The van der Waals surface area contributed by atoms with Gasteiger partial charge in [-0.3, -0.25) is 4.79 Å². The highest BCUT2D eigenvalue weighted by Crippen LogP contribution is 2.26. The van der Waals surface area contributed by atoms with Crippen LogP contribution in [-0.4, -0.2) is 46.0 Å². The van der Waals surface area contributed by atoms with Crippen molar-refractivity contribution in [3.63, 3.8) is 0 Å². The third kappa shape index (κ3) is 3.73. The van der Waals surface area contributed by atoms with Crippen molar-refractivity contribution in [1.29, 1.82) is 0 Å². The summed E-state index contributed by atoms with van der Waals surface area (Å²) >= 11 is 0. The lowest BCUT2D eigenvalue weighted by molar-refractivity contribution is 0.0310. The van der Waals surface area contributed by atoms with Gasteiger partial charge in [0, 0.05) is 17.0 Å². The molecule has 2 atom stereocenters. The van der Waals surface area contributed by atoms with Gasteiger partial charge in [-0.05, 0) is 52.7 Å². The topological polar surface area (TPSA) is 121 Å². The van der Waals surface area contributed by atoms with Gasteiger partial charge >= 0.3 is 11.9 Å². The number of hydrogen-bond donors (Lipinski definition) is 3. The van der Waals surface area contributed by atoms with E-state index in [2.05, 4.69) is 9.97 Å². The van der Waals surface area contributed by atoms with E-state index >= 15 is 0 Å². The van der Waals surface area contributed by atoms with Crippen LogP contribution in [0.2, 0.25) is 0 Å². The molecule has 0 aliphatic heterocycles. The van der Waals surface area contributed by atoms with Crippen molar-refractivity contribution in [3.05, 3.63) is 45.0 Å². The molecular formula is C20H26N2O6. The molecular weight excluding hydrogens is 364 g/mol. The lowest BCUT2D eigenvalue weighted by Crippen LogP contribution is -2.26. The van der Waals surface area contributed by atoms with Crippen LogP contribution in [0.1, 0.15) is 79.4 Å². The van der Waals surface area contributed by atoms with E-state index < -0.39 is 29.9 Å². The molecule has 2 aromatic rings. The number of aromatic amines is 2. The third-order valence-electron chi connectivity index (χ3n) is 4.84. The first-order chi connectivity index (χ1) is 13.0. The van der Waals surface area contributed by atoms with Crippen LogP contribution in [0, 0.1) is 27.7 Å². The summed E-state index contributed by atoms with van der Waals surface area (Å²) in [6.07, 6.45) is -1.81. The number of nitrogens with one attached hydrogen (secondary N) is 2. The molecule has 8 nitrogen and oxygen atoms in total. The molecule has 0 saturated carbocycles. The Balaban J connectivity index is 2.25. The Morgan fingerprint density at radius 1 is 0.893 bits per heavy atom. The first-order valence-electron chi connectivity index (χ1n) is 8.90. The average molecular weight is 390 g/mol. The summed E-state index contributed by atoms with van der Waals surface area (Å²) in [6.45, 7) is 9.82. The molecule has 0 aromatic carbocycles. The number of ketones is 1. The standard InChI is InChI=1S/C20H26N2O6/c1-8-14(12(5)23)10(3)22-17(8)20(26)28-13(6)18(24)16-9(2)15(11(4)21-16)19(25)27-7/h12-13,21-23H,1-7H3/t12-,13-/m0/s1. The van der Waals surface area contributed by atoms with Gasteiger partial charge in [0.1, 0.15) is 5.69 Å². The number of ether oxygens (including phenoxy) is 2. The van der Waals surface area contributed by atoms with Crippen molar-refractivity contribution >= 4 is 17.7 Å². The van der Waals surface area contributed by atoms with Gasteiger partial charge in [-0.1, -0.05) is 0 Å². The average Bonchev–Trinajstić information content (AvgIpc) is 3.08. The highest BCUT2D eigenvalue weighted by molar-refractivity contribution is 6.04. The summed E-state index contributed by atoms with van der Waals surface area (Å²) in [4.78, 5) is 43.0. The van der Waals surface area contributed by atoms with Gasteiger partial charge in [0.2, 0.25) is 5.78 Å². The van der Waals surface area contributed by atoms with E-state index in [0.717, 1.165) is 0 Å². The Morgan fingerprint density at radius 2 is 1.46 bits per heavy atom. The number of hydrogen-bond acceptors (Lipinski definition) is 6. The van der Waals surface area contributed by atoms with E-state index in [0.29, 0.717) is 33.6 Å². The Kier molecular flexibility index (Phi) is 6.14. The molecule has 0 radical (unpaired) electrons. The second kappa shape index (κ2) is 8.02. The monoisotopic (exact) mass is 390 g/mol. The van der Waals surface area contributed by atoms with Gasteiger partial charge in [-0.2, -0.15) is 0 Å². The van der Waals surface area contributed by atoms with Crippen LogP contribution in [0.3, 0.4) is 0 Å². The minimum absolute atomic E-state index is 0.197. The Bertz CT molecular complexity index is 935. The largest absolute Gasteiger partial charge is 0.465 e. The quantitative estimate of drug-likeness (QED) is 0.515. The molecule has 2 rings (SSSR count). The predicted molar refractivity (Wildman–Crippen MR) is 102 cm³/mol. The fraction of sp³-hybridized carbons (Fsp3) is 0.450. The number of H-pyrrole nitrogens is 2. The van der Waals surface area contributed by atoms with Gasteiger partial charge in [-0.15, -0.1) is 0 Å². The summed E-state index contributed by atoms with van der Waals surface area (Å²) in [7, 11) is 1.27. The number of aromatic nitrogens is 2. The molecule has 0 unspecified atom stereocenters. The summed E-state index contributed by atoms with van der Waals surface area (Å²) < 4.78 is 10.1. The number of methoxy groups -OCH3 is 1. The zero-order chi connectivity index (χ0) is 21.3. The van der Waals surface area contributed by atoms with E-state index in [-0.39, 0.29) is 11.4 Å². The van der Waals surface area contributed by atoms with Crippen LogP contribution in [-0.2, 0) is 9.47 Å². The fourth-order valence-corrected chi connectivity index (χ4v) is 3.48. The summed E-state index contributed by atoms with van der Waals surface area (Å²) in [5.41, 5.74) is 3.51. The van der Waals surface area contributed by atoms with Crippen molar-refractivity contribution in [2.24, 2.45) is 0 Å². The number of carbonyl (C=O) groups excluding carboxylic acids is 3. The van der Waals surface area contributed by atoms with Crippen molar-refractivity contribution in [3.8, 4) is 0 Å². The number of aryl methyl sites for hydroxylation is 2. The van der Waals surface area contributed by atoms with Crippen LogP contribution in [0.25, 0.3) is 0 Å². The molecule has 3 N–H and O–H groups in total. The molecule has 8 heteroatoms. The van der Waals surface area contributed by atoms with Crippen LogP contribution >= 0.6 is 0 Å². The number of carbonyl (C=O) groups is 3. The van der Waals surface area contributed by atoms with Crippen LogP contribution < -0.4 is 0 Å². The van der Waals surface area contributed by atoms with Crippen LogP contribution in [0.4, 0.5) is 0 Å². The molecule has 0 aliphatic rings. The molecule has 0 saturated heterocycles. The smallest absolute Gasteiger partial charge is 0.355 e. The zero-order valence-electron chi connectivity index (χ0n) is 17.1. The van der Waals surface area contributed by atoms with Crippen molar-refractivity contribution in [2.45, 2.75) is 53.8 Å². The summed E-state index contributed by atoms with van der Waals surface area (Å²) in [5, 5.41) is 9.86. The molecule has 28 heavy (non-hydrogen) atoms. The number of rotatable bonds is 6. The number of esters is 2. The predicted octanol–water partition coefficient (Wildman–Crippen LogP) is 2.84.